The number of halogens is 3. The molecule has 1 unspecified atom stereocenters. The second kappa shape index (κ2) is 5.78. The average molecular weight is 364 g/mol. The minimum Gasteiger partial charge on any atom is -0.207 e. The molecule has 21 heavy (non-hydrogen) atoms. The molecule has 0 radical (unpaired) electrons. The number of aryl methyl sites for hydroxylation is 1. The smallest absolute Gasteiger partial charge is 0.126 e. The number of hydrogen-bond acceptors (Lipinski definition) is 0. The molecule has 0 saturated carbocycles. The lowest BCUT2D eigenvalue weighted by Crippen LogP contribution is -1.96. The van der Waals surface area contributed by atoms with Crippen molar-refractivity contribution in [2.45, 2.75) is 11.8 Å². The predicted octanol–water partition coefficient (Wildman–Crippen LogP) is 6.43. The molecule has 3 heteroatoms. The van der Waals surface area contributed by atoms with Crippen molar-refractivity contribution < 1.29 is 4.39 Å². The fourth-order valence-electron chi connectivity index (χ4n) is 2.51. The molecule has 0 saturated heterocycles. The second-order valence-electron chi connectivity index (χ2n) is 5.05. The standard InChI is InChI=1S/C18H13BrClF/c1-11-10-12(6-9-17(11)21)18(19)15-7-8-16(20)14-5-3-2-4-13(14)15/h2-10,18H,1H3. The summed E-state index contributed by atoms with van der Waals surface area (Å²) in [5, 5.41) is 2.87. The second-order valence-corrected chi connectivity index (χ2v) is 6.38. The number of rotatable bonds is 2. The van der Waals surface area contributed by atoms with Crippen molar-refractivity contribution >= 4 is 38.3 Å². The summed E-state index contributed by atoms with van der Waals surface area (Å²) in [6.45, 7) is 1.78. The van der Waals surface area contributed by atoms with Gasteiger partial charge >= 0.3 is 0 Å². The Morgan fingerprint density at radius 2 is 1.71 bits per heavy atom. The summed E-state index contributed by atoms with van der Waals surface area (Å²) >= 11 is 9.99. The fraction of sp³-hybridized carbons (Fsp3) is 0.111. The zero-order valence-electron chi connectivity index (χ0n) is 11.4. The number of hydrogen-bond donors (Lipinski definition) is 0. The van der Waals surface area contributed by atoms with Crippen LogP contribution in [0.4, 0.5) is 4.39 Å². The van der Waals surface area contributed by atoms with E-state index in [0.717, 1.165) is 26.9 Å². The maximum Gasteiger partial charge on any atom is 0.126 e. The zero-order valence-corrected chi connectivity index (χ0v) is 13.7. The Hall–Kier alpha value is -1.38. The zero-order chi connectivity index (χ0) is 15.0. The van der Waals surface area contributed by atoms with Crippen LogP contribution in [0.25, 0.3) is 10.8 Å². The lowest BCUT2D eigenvalue weighted by atomic mass is 9.97. The maximum absolute atomic E-state index is 13.4. The van der Waals surface area contributed by atoms with Crippen LogP contribution in [0.2, 0.25) is 5.02 Å². The first-order chi connectivity index (χ1) is 10.1. The molecule has 3 rings (SSSR count). The topological polar surface area (TPSA) is 0 Å². The van der Waals surface area contributed by atoms with Crippen molar-refractivity contribution in [3.8, 4) is 0 Å². The Morgan fingerprint density at radius 1 is 1.00 bits per heavy atom. The van der Waals surface area contributed by atoms with E-state index in [1.54, 1.807) is 6.92 Å². The highest BCUT2D eigenvalue weighted by Crippen LogP contribution is 2.37. The molecule has 3 aromatic rings. The van der Waals surface area contributed by atoms with Gasteiger partial charge in [-0.3, -0.25) is 0 Å². The first kappa shape index (κ1) is 14.6. The molecular weight excluding hydrogens is 351 g/mol. The molecule has 0 spiro atoms. The van der Waals surface area contributed by atoms with Crippen molar-refractivity contribution in [3.05, 3.63) is 82.1 Å². The molecule has 0 fully saturated rings. The quantitative estimate of drug-likeness (QED) is 0.460. The molecule has 0 heterocycles. The Balaban J connectivity index is 2.15. The van der Waals surface area contributed by atoms with Crippen LogP contribution in [0.3, 0.4) is 0 Å². The van der Waals surface area contributed by atoms with E-state index in [1.807, 2.05) is 42.5 Å². The van der Waals surface area contributed by atoms with Gasteiger partial charge in [0.2, 0.25) is 0 Å². The number of benzene rings is 3. The van der Waals surface area contributed by atoms with Gasteiger partial charge in [-0.15, -0.1) is 0 Å². The first-order valence-corrected chi connectivity index (χ1v) is 7.94. The maximum atomic E-state index is 13.4. The summed E-state index contributed by atoms with van der Waals surface area (Å²) in [4.78, 5) is -0.000957. The van der Waals surface area contributed by atoms with E-state index in [-0.39, 0.29) is 10.6 Å². The van der Waals surface area contributed by atoms with E-state index in [1.165, 1.54) is 6.07 Å². The van der Waals surface area contributed by atoms with E-state index in [4.69, 9.17) is 11.6 Å². The van der Waals surface area contributed by atoms with Gasteiger partial charge in [0, 0.05) is 10.4 Å². The highest BCUT2D eigenvalue weighted by Gasteiger charge is 2.15. The lowest BCUT2D eigenvalue weighted by Gasteiger charge is -2.15. The molecule has 0 nitrogen and oxygen atoms in total. The summed E-state index contributed by atoms with van der Waals surface area (Å²) in [5.41, 5.74) is 2.80. The molecule has 1 atom stereocenters. The van der Waals surface area contributed by atoms with E-state index in [0.29, 0.717) is 5.56 Å². The SMILES string of the molecule is Cc1cc(C(Br)c2ccc(Cl)c3ccccc23)ccc1F. The fourth-order valence-corrected chi connectivity index (χ4v) is 3.42. The van der Waals surface area contributed by atoms with Gasteiger partial charge in [-0.2, -0.15) is 0 Å². The third-order valence-corrected chi connectivity index (χ3v) is 5.00. The van der Waals surface area contributed by atoms with Crippen LogP contribution in [0.1, 0.15) is 21.5 Å². The van der Waals surface area contributed by atoms with Crippen LogP contribution in [0.5, 0.6) is 0 Å². The lowest BCUT2D eigenvalue weighted by molar-refractivity contribution is 0.618. The van der Waals surface area contributed by atoms with Crippen molar-refractivity contribution in [1.82, 2.24) is 0 Å². The Morgan fingerprint density at radius 3 is 2.43 bits per heavy atom. The van der Waals surface area contributed by atoms with Gasteiger partial charge in [0.05, 0.1) is 4.83 Å². The summed E-state index contributed by atoms with van der Waals surface area (Å²) in [6, 6.07) is 17.2. The number of alkyl halides is 1. The minimum atomic E-state index is -0.181. The van der Waals surface area contributed by atoms with Crippen LogP contribution in [-0.4, -0.2) is 0 Å². The molecule has 0 aromatic heterocycles. The van der Waals surface area contributed by atoms with Crippen molar-refractivity contribution in [3.63, 3.8) is 0 Å². The highest BCUT2D eigenvalue weighted by atomic mass is 79.9. The van der Waals surface area contributed by atoms with E-state index in [9.17, 15) is 4.39 Å². The monoisotopic (exact) mass is 362 g/mol. The largest absolute Gasteiger partial charge is 0.207 e. The van der Waals surface area contributed by atoms with Gasteiger partial charge < -0.3 is 0 Å². The molecule has 0 aliphatic carbocycles. The normalized spacial score (nSPS) is 12.6. The summed E-state index contributed by atoms with van der Waals surface area (Å²) < 4.78 is 13.4. The van der Waals surface area contributed by atoms with Gasteiger partial charge in [0.15, 0.2) is 0 Å². The summed E-state index contributed by atoms with van der Waals surface area (Å²) in [6.07, 6.45) is 0. The third-order valence-electron chi connectivity index (χ3n) is 3.65. The minimum absolute atomic E-state index is 0.000957. The van der Waals surface area contributed by atoms with Crippen LogP contribution in [0.15, 0.2) is 54.6 Å². The van der Waals surface area contributed by atoms with Crippen LogP contribution in [-0.2, 0) is 0 Å². The Labute approximate surface area is 136 Å². The Bertz CT molecular complexity index is 813. The molecule has 0 aliphatic rings. The molecule has 106 valence electrons. The average Bonchev–Trinajstić information content (AvgIpc) is 2.50. The summed E-state index contributed by atoms with van der Waals surface area (Å²) in [5.74, 6) is -0.181. The Kier molecular flexibility index (Phi) is 4.01. The highest BCUT2D eigenvalue weighted by molar-refractivity contribution is 9.09. The van der Waals surface area contributed by atoms with Crippen LogP contribution in [0, 0.1) is 12.7 Å². The van der Waals surface area contributed by atoms with Crippen molar-refractivity contribution in [2.75, 3.05) is 0 Å². The molecule has 3 aromatic carbocycles. The van der Waals surface area contributed by atoms with E-state index >= 15 is 0 Å². The predicted molar refractivity (Wildman–Crippen MR) is 90.9 cm³/mol. The van der Waals surface area contributed by atoms with Gasteiger partial charge in [-0.25, -0.2) is 4.39 Å². The van der Waals surface area contributed by atoms with Gasteiger partial charge in [-0.05, 0) is 41.1 Å². The molecule has 0 aliphatic heterocycles. The van der Waals surface area contributed by atoms with Crippen LogP contribution >= 0.6 is 27.5 Å². The van der Waals surface area contributed by atoms with Gasteiger partial charge in [0.1, 0.15) is 5.82 Å². The summed E-state index contributed by atoms with van der Waals surface area (Å²) in [7, 11) is 0. The molecule has 0 N–H and O–H groups in total. The first-order valence-electron chi connectivity index (χ1n) is 6.65. The van der Waals surface area contributed by atoms with Crippen molar-refractivity contribution in [1.29, 1.82) is 0 Å². The molecule has 0 bridgehead atoms. The van der Waals surface area contributed by atoms with Crippen molar-refractivity contribution in [2.24, 2.45) is 0 Å². The molecular formula is C18H13BrClF. The van der Waals surface area contributed by atoms with E-state index in [2.05, 4.69) is 22.0 Å². The number of fused-ring (bicyclic) bond motifs is 1. The van der Waals surface area contributed by atoms with Gasteiger partial charge in [0.25, 0.3) is 0 Å². The van der Waals surface area contributed by atoms with E-state index < -0.39 is 0 Å². The van der Waals surface area contributed by atoms with Gasteiger partial charge in [-0.1, -0.05) is 70.0 Å². The molecule has 0 amide bonds. The third kappa shape index (κ3) is 2.70. The van der Waals surface area contributed by atoms with Crippen LogP contribution < -0.4 is 0 Å².